The molecule has 8 heteroatoms. The monoisotopic (exact) mass is 282 g/mol. The van der Waals surface area contributed by atoms with E-state index in [1.807, 2.05) is 0 Å². The normalized spacial score (nSPS) is 15.9. The number of nitrogens with zero attached hydrogens (tertiary/aromatic N) is 2. The number of urea groups is 1. The van der Waals surface area contributed by atoms with E-state index >= 15 is 0 Å². The lowest BCUT2D eigenvalue weighted by atomic mass is 10.0. The van der Waals surface area contributed by atoms with Crippen molar-refractivity contribution in [3.05, 3.63) is 34.1 Å². The SMILES string of the molecule is NC(=O)NC1CCN(c2ccc([N+](=O)[O-])cc2F)CC1. The van der Waals surface area contributed by atoms with Crippen LogP contribution in [0.15, 0.2) is 18.2 Å². The number of nitrogens with two attached hydrogens (primary N) is 1. The molecule has 0 radical (unpaired) electrons. The Hall–Kier alpha value is -2.38. The first-order valence-electron chi connectivity index (χ1n) is 6.22. The molecule has 0 saturated carbocycles. The summed E-state index contributed by atoms with van der Waals surface area (Å²) >= 11 is 0. The zero-order valence-corrected chi connectivity index (χ0v) is 10.7. The molecule has 1 heterocycles. The number of nitrogens with one attached hydrogen (secondary N) is 1. The fraction of sp³-hybridized carbons (Fsp3) is 0.417. The van der Waals surface area contributed by atoms with Crippen molar-refractivity contribution < 1.29 is 14.1 Å². The number of piperidine rings is 1. The van der Waals surface area contributed by atoms with Gasteiger partial charge in [-0.1, -0.05) is 0 Å². The molecule has 0 bridgehead atoms. The second-order valence-corrected chi connectivity index (χ2v) is 4.66. The number of primary amides is 1. The first-order chi connectivity index (χ1) is 9.47. The number of hydrogen-bond acceptors (Lipinski definition) is 4. The predicted molar refractivity (Wildman–Crippen MR) is 71.0 cm³/mol. The summed E-state index contributed by atoms with van der Waals surface area (Å²) < 4.78 is 13.9. The maximum absolute atomic E-state index is 13.9. The molecule has 1 aliphatic heterocycles. The molecular weight excluding hydrogens is 267 g/mol. The van der Waals surface area contributed by atoms with Gasteiger partial charge in [-0.25, -0.2) is 9.18 Å². The maximum Gasteiger partial charge on any atom is 0.312 e. The van der Waals surface area contributed by atoms with Gasteiger partial charge in [0.05, 0.1) is 16.7 Å². The summed E-state index contributed by atoms with van der Waals surface area (Å²) in [6.45, 7) is 1.11. The quantitative estimate of drug-likeness (QED) is 0.645. The standard InChI is InChI=1S/C12H15FN4O3/c13-10-7-9(17(19)20)1-2-11(10)16-5-3-8(4-6-16)15-12(14)18/h1-2,7-8H,3-6H2,(H3,14,15,18). The number of halogens is 1. The van der Waals surface area contributed by atoms with Gasteiger partial charge in [-0.15, -0.1) is 0 Å². The lowest BCUT2D eigenvalue weighted by molar-refractivity contribution is -0.385. The van der Waals surface area contributed by atoms with Crippen LogP contribution in [0.3, 0.4) is 0 Å². The highest BCUT2D eigenvalue weighted by atomic mass is 19.1. The summed E-state index contributed by atoms with van der Waals surface area (Å²) in [5, 5.41) is 13.2. The molecule has 20 heavy (non-hydrogen) atoms. The third-order valence-electron chi connectivity index (χ3n) is 3.32. The molecule has 2 rings (SSSR count). The lowest BCUT2D eigenvalue weighted by Crippen LogP contribution is -2.46. The highest BCUT2D eigenvalue weighted by Gasteiger charge is 2.22. The molecule has 1 saturated heterocycles. The molecule has 1 aromatic carbocycles. The van der Waals surface area contributed by atoms with Crippen molar-refractivity contribution in [2.75, 3.05) is 18.0 Å². The topological polar surface area (TPSA) is 102 Å². The van der Waals surface area contributed by atoms with Crippen LogP contribution in [0.25, 0.3) is 0 Å². The average Bonchev–Trinajstić information content (AvgIpc) is 2.39. The van der Waals surface area contributed by atoms with Crippen molar-refractivity contribution >= 4 is 17.4 Å². The average molecular weight is 282 g/mol. The van der Waals surface area contributed by atoms with Crippen LogP contribution in [0, 0.1) is 15.9 Å². The Bertz CT molecular complexity index is 529. The fourth-order valence-electron chi connectivity index (χ4n) is 2.33. The smallest absolute Gasteiger partial charge is 0.312 e. The van der Waals surface area contributed by atoms with Crippen molar-refractivity contribution in [1.29, 1.82) is 0 Å². The van der Waals surface area contributed by atoms with Gasteiger partial charge in [0.15, 0.2) is 5.82 Å². The summed E-state index contributed by atoms with van der Waals surface area (Å²) in [5.74, 6) is -0.611. The second-order valence-electron chi connectivity index (χ2n) is 4.66. The molecule has 1 aliphatic rings. The van der Waals surface area contributed by atoms with Gasteiger partial charge in [0.1, 0.15) is 0 Å². The summed E-state index contributed by atoms with van der Waals surface area (Å²) in [7, 11) is 0. The minimum Gasteiger partial charge on any atom is -0.369 e. The van der Waals surface area contributed by atoms with Crippen molar-refractivity contribution in [1.82, 2.24) is 5.32 Å². The Morgan fingerprint density at radius 1 is 1.45 bits per heavy atom. The number of rotatable bonds is 3. The predicted octanol–water partition coefficient (Wildman–Crippen LogP) is 1.37. The van der Waals surface area contributed by atoms with Crippen molar-refractivity contribution in [2.24, 2.45) is 5.73 Å². The Balaban J connectivity index is 2.03. The summed E-state index contributed by atoms with van der Waals surface area (Å²) in [5.41, 5.74) is 5.12. The van der Waals surface area contributed by atoms with Gasteiger partial charge in [-0.2, -0.15) is 0 Å². The minimum absolute atomic E-state index is 0.00939. The van der Waals surface area contributed by atoms with Gasteiger partial charge in [0.2, 0.25) is 0 Å². The number of amides is 2. The molecule has 0 unspecified atom stereocenters. The van der Waals surface area contributed by atoms with Crippen LogP contribution in [-0.4, -0.2) is 30.1 Å². The van der Waals surface area contributed by atoms with E-state index in [4.69, 9.17) is 5.73 Å². The van der Waals surface area contributed by atoms with Crippen LogP contribution in [0.5, 0.6) is 0 Å². The van der Waals surface area contributed by atoms with Gasteiger partial charge in [-0.3, -0.25) is 10.1 Å². The zero-order valence-electron chi connectivity index (χ0n) is 10.7. The molecule has 1 fully saturated rings. The summed E-state index contributed by atoms with van der Waals surface area (Å²) in [6, 6.07) is 3.04. The van der Waals surface area contributed by atoms with E-state index in [2.05, 4.69) is 5.32 Å². The van der Waals surface area contributed by atoms with E-state index in [1.54, 1.807) is 4.90 Å². The number of anilines is 1. The molecule has 3 N–H and O–H groups in total. The highest BCUT2D eigenvalue weighted by molar-refractivity contribution is 5.72. The molecular formula is C12H15FN4O3. The first-order valence-corrected chi connectivity index (χ1v) is 6.22. The number of nitro benzene ring substituents is 1. The molecule has 2 amide bonds. The number of carbonyl (C=O) groups is 1. The van der Waals surface area contributed by atoms with Gasteiger partial charge in [-0.05, 0) is 18.9 Å². The molecule has 108 valence electrons. The van der Waals surface area contributed by atoms with Crippen molar-refractivity contribution in [3.8, 4) is 0 Å². The van der Waals surface area contributed by atoms with Crippen LogP contribution in [0.1, 0.15) is 12.8 Å². The third kappa shape index (κ3) is 3.14. The third-order valence-corrected chi connectivity index (χ3v) is 3.32. The van der Waals surface area contributed by atoms with Crippen molar-refractivity contribution in [3.63, 3.8) is 0 Å². The van der Waals surface area contributed by atoms with Gasteiger partial charge in [0, 0.05) is 25.2 Å². The van der Waals surface area contributed by atoms with E-state index < -0.39 is 16.8 Å². The van der Waals surface area contributed by atoms with Crippen LogP contribution in [0.2, 0.25) is 0 Å². The lowest BCUT2D eigenvalue weighted by Gasteiger charge is -2.33. The molecule has 0 aliphatic carbocycles. The maximum atomic E-state index is 13.9. The summed E-state index contributed by atoms with van der Waals surface area (Å²) in [6.07, 6.45) is 1.30. The highest BCUT2D eigenvalue weighted by Crippen LogP contribution is 2.26. The molecule has 0 atom stereocenters. The van der Waals surface area contributed by atoms with Crippen LogP contribution in [0.4, 0.5) is 20.6 Å². The Morgan fingerprint density at radius 3 is 2.60 bits per heavy atom. The Labute approximate surface area is 114 Å². The number of non-ortho nitro benzene ring substituents is 1. The van der Waals surface area contributed by atoms with Crippen LogP contribution >= 0.6 is 0 Å². The Morgan fingerprint density at radius 2 is 2.10 bits per heavy atom. The molecule has 7 nitrogen and oxygen atoms in total. The van der Waals surface area contributed by atoms with Crippen molar-refractivity contribution in [2.45, 2.75) is 18.9 Å². The minimum atomic E-state index is -0.629. The van der Waals surface area contributed by atoms with E-state index in [1.165, 1.54) is 12.1 Å². The summed E-state index contributed by atoms with van der Waals surface area (Å²) in [4.78, 5) is 22.5. The van der Waals surface area contributed by atoms with Gasteiger partial charge in [0.25, 0.3) is 5.69 Å². The number of carbonyl (C=O) groups excluding carboxylic acids is 1. The van der Waals surface area contributed by atoms with Gasteiger partial charge < -0.3 is 16.0 Å². The molecule has 1 aromatic rings. The first kappa shape index (κ1) is 14.0. The molecule has 0 aromatic heterocycles. The van der Waals surface area contributed by atoms with E-state index in [9.17, 15) is 19.3 Å². The van der Waals surface area contributed by atoms with E-state index in [-0.39, 0.29) is 11.7 Å². The van der Waals surface area contributed by atoms with Gasteiger partial charge >= 0.3 is 6.03 Å². The molecule has 0 spiro atoms. The Kier molecular flexibility index (Phi) is 4.02. The second kappa shape index (κ2) is 5.72. The van der Waals surface area contributed by atoms with E-state index in [0.29, 0.717) is 31.6 Å². The number of benzene rings is 1. The number of nitro groups is 1. The zero-order chi connectivity index (χ0) is 14.7. The van der Waals surface area contributed by atoms with E-state index in [0.717, 1.165) is 6.07 Å². The van der Waals surface area contributed by atoms with Crippen LogP contribution < -0.4 is 16.0 Å². The van der Waals surface area contributed by atoms with Crippen LogP contribution in [-0.2, 0) is 0 Å². The number of hydrogen-bond donors (Lipinski definition) is 2. The fourth-order valence-corrected chi connectivity index (χ4v) is 2.33. The largest absolute Gasteiger partial charge is 0.369 e.